The van der Waals surface area contributed by atoms with Gasteiger partial charge in [0.05, 0.1) is 11.5 Å². The van der Waals surface area contributed by atoms with Gasteiger partial charge in [0.25, 0.3) is 0 Å². The highest BCUT2D eigenvalue weighted by atomic mass is 16.4. The predicted molar refractivity (Wildman–Crippen MR) is 58.9 cm³/mol. The van der Waals surface area contributed by atoms with Gasteiger partial charge in [0.2, 0.25) is 0 Å². The molecule has 0 heterocycles. The number of carboxylic acid groups (broad SMARTS) is 2. The molecule has 0 saturated carbocycles. The van der Waals surface area contributed by atoms with Crippen LogP contribution in [-0.2, 0) is 9.59 Å². The maximum atomic E-state index is 10.9. The number of carbonyl (C=O) groups is 2. The van der Waals surface area contributed by atoms with Gasteiger partial charge in [-0.25, -0.2) is 4.79 Å². The first kappa shape index (κ1) is 12.0. The molecule has 0 saturated heterocycles. The molecule has 0 aromatic heterocycles. The van der Waals surface area contributed by atoms with Crippen LogP contribution in [0.3, 0.4) is 0 Å². The summed E-state index contributed by atoms with van der Waals surface area (Å²) in [5.74, 6) is -3.39. The maximum Gasteiger partial charge on any atom is 0.332 e. The summed E-state index contributed by atoms with van der Waals surface area (Å²) in [5.41, 5.74) is 0.548. The lowest BCUT2D eigenvalue weighted by Crippen LogP contribution is -2.18. The first-order valence-corrected chi connectivity index (χ1v) is 4.75. The minimum Gasteiger partial charge on any atom is -0.481 e. The highest BCUT2D eigenvalue weighted by Gasteiger charge is 2.22. The first-order chi connectivity index (χ1) is 7.52. The lowest BCUT2D eigenvalue weighted by Gasteiger charge is -2.07. The Labute approximate surface area is 92.8 Å². The molecule has 84 valence electrons. The van der Waals surface area contributed by atoms with Crippen LogP contribution < -0.4 is 0 Å². The normalized spacial score (nSPS) is 13.2. The van der Waals surface area contributed by atoms with E-state index < -0.39 is 17.9 Å². The standard InChI is InChI=1S/C12H12O4/c1-8(11(13)14)10(12(15)16)7-9-5-3-2-4-6-9/h2-8H,1H3,(H,13,14)(H,15,16)/b10-7-. The molecule has 1 atom stereocenters. The maximum absolute atomic E-state index is 10.9. The minimum atomic E-state index is -1.21. The number of benzene rings is 1. The van der Waals surface area contributed by atoms with Crippen LogP contribution in [0.25, 0.3) is 6.08 Å². The minimum absolute atomic E-state index is 0.126. The molecular weight excluding hydrogens is 208 g/mol. The van der Waals surface area contributed by atoms with E-state index in [1.165, 1.54) is 13.0 Å². The van der Waals surface area contributed by atoms with E-state index in [1.807, 2.05) is 0 Å². The molecule has 0 aliphatic heterocycles. The molecule has 1 aromatic carbocycles. The second kappa shape index (κ2) is 5.11. The molecule has 1 aromatic rings. The average molecular weight is 220 g/mol. The molecule has 0 amide bonds. The molecule has 0 radical (unpaired) electrons. The first-order valence-electron chi connectivity index (χ1n) is 4.75. The van der Waals surface area contributed by atoms with Crippen LogP contribution >= 0.6 is 0 Å². The van der Waals surface area contributed by atoms with Crippen molar-refractivity contribution in [1.82, 2.24) is 0 Å². The van der Waals surface area contributed by atoms with Gasteiger partial charge in [-0.15, -0.1) is 0 Å². The average Bonchev–Trinajstić information content (AvgIpc) is 2.26. The summed E-state index contributed by atoms with van der Waals surface area (Å²) < 4.78 is 0. The Morgan fingerprint density at radius 1 is 1.19 bits per heavy atom. The van der Waals surface area contributed by atoms with E-state index in [0.29, 0.717) is 5.56 Å². The topological polar surface area (TPSA) is 74.6 Å². The summed E-state index contributed by atoms with van der Waals surface area (Å²) in [6, 6.07) is 8.76. The third-order valence-electron chi connectivity index (χ3n) is 2.21. The zero-order valence-corrected chi connectivity index (χ0v) is 8.75. The monoisotopic (exact) mass is 220 g/mol. The number of carboxylic acids is 2. The van der Waals surface area contributed by atoms with Crippen molar-refractivity contribution in [3.8, 4) is 0 Å². The van der Waals surface area contributed by atoms with Gasteiger partial charge in [-0.1, -0.05) is 30.3 Å². The summed E-state index contributed by atoms with van der Waals surface area (Å²) in [4.78, 5) is 21.6. The van der Waals surface area contributed by atoms with Crippen LogP contribution in [0, 0.1) is 5.92 Å². The van der Waals surface area contributed by atoms with Crippen molar-refractivity contribution in [1.29, 1.82) is 0 Å². The van der Waals surface area contributed by atoms with Crippen molar-refractivity contribution < 1.29 is 19.8 Å². The number of hydrogen-bond donors (Lipinski definition) is 2. The van der Waals surface area contributed by atoms with Crippen molar-refractivity contribution >= 4 is 18.0 Å². The molecule has 1 rings (SSSR count). The van der Waals surface area contributed by atoms with E-state index in [1.54, 1.807) is 30.3 Å². The van der Waals surface area contributed by atoms with Crippen LogP contribution in [-0.4, -0.2) is 22.2 Å². The molecule has 0 spiro atoms. The Hall–Kier alpha value is -2.10. The van der Waals surface area contributed by atoms with Crippen molar-refractivity contribution in [2.24, 2.45) is 5.92 Å². The number of hydrogen-bond acceptors (Lipinski definition) is 2. The molecule has 0 fully saturated rings. The number of aliphatic carboxylic acids is 2. The van der Waals surface area contributed by atoms with Gasteiger partial charge in [0.15, 0.2) is 0 Å². The van der Waals surface area contributed by atoms with Gasteiger partial charge < -0.3 is 10.2 Å². The van der Waals surface area contributed by atoms with Crippen LogP contribution in [0.2, 0.25) is 0 Å². The predicted octanol–water partition coefficient (Wildman–Crippen LogP) is 1.88. The van der Waals surface area contributed by atoms with Gasteiger partial charge in [-0.05, 0) is 18.6 Å². The van der Waals surface area contributed by atoms with Crippen molar-refractivity contribution in [2.75, 3.05) is 0 Å². The Balaban J connectivity index is 3.08. The fourth-order valence-corrected chi connectivity index (χ4v) is 1.23. The molecule has 4 nitrogen and oxygen atoms in total. The molecule has 1 unspecified atom stereocenters. The van der Waals surface area contributed by atoms with Gasteiger partial charge in [-0.2, -0.15) is 0 Å². The Morgan fingerprint density at radius 2 is 1.75 bits per heavy atom. The SMILES string of the molecule is CC(C(=O)O)/C(=C/c1ccccc1)C(=O)O. The second-order valence-corrected chi connectivity index (χ2v) is 3.38. The van der Waals surface area contributed by atoms with E-state index in [-0.39, 0.29) is 5.57 Å². The zero-order valence-electron chi connectivity index (χ0n) is 8.75. The quantitative estimate of drug-likeness (QED) is 0.759. The van der Waals surface area contributed by atoms with Gasteiger partial charge in [0.1, 0.15) is 0 Å². The Kier molecular flexibility index (Phi) is 3.83. The van der Waals surface area contributed by atoms with Crippen molar-refractivity contribution in [3.63, 3.8) is 0 Å². The van der Waals surface area contributed by atoms with Crippen LogP contribution in [0.1, 0.15) is 12.5 Å². The van der Waals surface area contributed by atoms with Crippen molar-refractivity contribution in [3.05, 3.63) is 41.5 Å². The zero-order chi connectivity index (χ0) is 12.1. The van der Waals surface area contributed by atoms with Gasteiger partial charge >= 0.3 is 11.9 Å². The summed E-state index contributed by atoms with van der Waals surface area (Å²) in [6.45, 7) is 1.35. The third-order valence-corrected chi connectivity index (χ3v) is 2.21. The number of rotatable bonds is 4. The second-order valence-electron chi connectivity index (χ2n) is 3.38. The molecule has 0 aliphatic rings. The summed E-state index contributed by atoms with van der Waals surface area (Å²) >= 11 is 0. The van der Waals surface area contributed by atoms with E-state index in [4.69, 9.17) is 10.2 Å². The lowest BCUT2D eigenvalue weighted by atomic mass is 9.99. The van der Waals surface area contributed by atoms with Crippen LogP contribution in [0.15, 0.2) is 35.9 Å². The van der Waals surface area contributed by atoms with Gasteiger partial charge in [-0.3, -0.25) is 4.79 Å². The fraction of sp³-hybridized carbons (Fsp3) is 0.167. The van der Waals surface area contributed by atoms with Crippen molar-refractivity contribution in [2.45, 2.75) is 6.92 Å². The van der Waals surface area contributed by atoms with E-state index in [2.05, 4.69) is 0 Å². The molecule has 0 aliphatic carbocycles. The van der Waals surface area contributed by atoms with Crippen LogP contribution in [0.4, 0.5) is 0 Å². The molecule has 2 N–H and O–H groups in total. The largest absolute Gasteiger partial charge is 0.481 e. The molecule has 0 bridgehead atoms. The van der Waals surface area contributed by atoms with Gasteiger partial charge in [0, 0.05) is 0 Å². The highest BCUT2D eigenvalue weighted by molar-refractivity contribution is 5.98. The smallest absolute Gasteiger partial charge is 0.332 e. The van der Waals surface area contributed by atoms with E-state index in [0.717, 1.165) is 0 Å². The molecular formula is C12H12O4. The summed E-state index contributed by atoms with van der Waals surface area (Å²) in [6.07, 6.45) is 1.38. The lowest BCUT2D eigenvalue weighted by molar-refractivity contribution is -0.143. The highest BCUT2D eigenvalue weighted by Crippen LogP contribution is 2.15. The Bertz CT molecular complexity index is 420. The fourth-order valence-electron chi connectivity index (χ4n) is 1.23. The summed E-state index contributed by atoms with van der Waals surface area (Å²) in [7, 11) is 0. The van der Waals surface area contributed by atoms with E-state index in [9.17, 15) is 9.59 Å². The molecule has 4 heteroatoms. The van der Waals surface area contributed by atoms with Crippen LogP contribution in [0.5, 0.6) is 0 Å². The molecule has 16 heavy (non-hydrogen) atoms. The summed E-state index contributed by atoms with van der Waals surface area (Å²) in [5, 5.41) is 17.7. The third kappa shape index (κ3) is 2.95. The Morgan fingerprint density at radius 3 is 2.19 bits per heavy atom. The van der Waals surface area contributed by atoms with E-state index >= 15 is 0 Å².